The lowest BCUT2D eigenvalue weighted by molar-refractivity contribution is 0.0824. The molecule has 0 saturated carbocycles. The van der Waals surface area contributed by atoms with Gasteiger partial charge in [0.05, 0.1) is 5.52 Å². The predicted octanol–water partition coefficient (Wildman–Crippen LogP) is 1.26. The van der Waals surface area contributed by atoms with E-state index in [4.69, 9.17) is 0 Å². The van der Waals surface area contributed by atoms with Gasteiger partial charge in [-0.05, 0) is 6.07 Å². The molecule has 0 fully saturated rings. The lowest BCUT2D eigenvalue weighted by Crippen LogP contribution is -2.22. The van der Waals surface area contributed by atoms with Gasteiger partial charge in [0.15, 0.2) is 5.69 Å². The highest BCUT2D eigenvalue weighted by molar-refractivity contribution is 6.04. The number of aromatic nitrogens is 2. The summed E-state index contributed by atoms with van der Waals surface area (Å²) in [6.07, 6.45) is 0. The minimum absolute atomic E-state index is 0.0811. The molecule has 4 heteroatoms. The summed E-state index contributed by atoms with van der Waals surface area (Å²) in [5.41, 5.74) is 1.36. The van der Waals surface area contributed by atoms with Gasteiger partial charge in [-0.2, -0.15) is 5.10 Å². The molecule has 1 amide bonds. The summed E-state index contributed by atoms with van der Waals surface area (Å²) in [5.74, 6) is -0.0811. The molecule has 0 atom stereocenters. The smallest absolute Gasteiger partial charge is 0.274 e. The molecule has 1 heterocycles. The Labute approximate surface area is 81.5 Å². The summed E-state index contributed by atoms with van der Waals surface area (Å²) < 4.78 is 0. The van der Waals surface area contributed by atoms with Crippen molar-refractivity contribution in [2.75, 3.05) is 14.1 Å². The lowest BCUT2D eigenvalue weighted by Gasteiger charge is -2.07. The molecule has 0 saturated heterocycles. The van der Waals surface area contributed by atoms with Crippen molar-refractivity contribution in [1.82, 2.24) is 15.1 Å². The number of nitrogens with zero attached hydrogens (tertiary/aromatic N) is 2. The van der Waals surface area contributed by atoms with Crippen molar-refractivity contribution >= 4 is 16.8 Å². The molecule has 1 N–H and O–H groups in total. The first kappa shape index (κ1) is 8.74. The molecule has 1 aromatic carbocycles. The van der Waals surface area contributed by atoms with Crippen LogP contribution in [0.25, 0.3) is 10.9 Å². The number of carbonyl (C=O) groups is 1. The highest BCUT2D eigenvalue weighted by atomic mass is 16.2. The van der Waals surface area contributed by atoms with Crippen LogP contribution in [0.5, 0.6) is 0 Å². The van der Waals surface area contributed by atoms with Crippen molar-refractivity contribution in [2.24, 2.45) is 0 Å². The van der Waals surface area contributed by atoms with Crippen LogP contribution in [0.4, 0.5) is 0 Å². The zero-order valence-corrected chi connectivity index (χ0v) is 8.11. The quantitative estimate of drug-likeness (QED) is 0.734. The fourth-order valence-corrected chi connectivity index (χ4v) is 1.34. The normalized spacial score (nSPS) is 10.4. The van der Waals surface area contributed by atoms with E-state index in [1.54, 1.807) is 14.1 Å². The van der Waals surface area contributed by atoms with E-state index >= 15 is 0 Å². The first-order valence-electron chi connectivity index (χ1n) is 4.35. The van der Waals surface area contributed by atoms with Crippen LogP contribution in [0, 0.1) is 0 Å². The van der Waals surface area contributed by atoms with Crippen LogP contribution in [-0.4, -0.2) is 35.1 Å². The maximum atomic E-state index is 11.7. The van der Waals surface area contributed by atoms with Gasteiger partial charge in [0.1, 0.15) is 0 Å². The Kier molecular flexibility index (Phi) is 1.96. The van der Waals surface area contributed by atoms with Crippen molar-refractivity contribution in [2.45, 2.75) is 0 Å². The number of para-hydroxylation sites is 1. The molecular weight excluding hydrogens is 178 g/mol. The average Bonchev–Trinajstić information content (AvgIpc) is 2.60. The van der Waals surface area contributed by atoms with E-state index in [1.165, 1.54) is 4.90 Å². The van der Waals surface area contributed by atoms with Crippen molar-refractivity contribution in [3.8, 4) is 0 Å². The van der Waals surface area contributed by atoms with Gasteiger partial charge in [0, 0.05) is 19.5 Å². The molecular formula is C10H11N3O. The second-order valence-corrected chi connectivity index (χ2v) is 3.32. The third-order valence-electron chi connectivity index (χ3n) is 2.08. The maximum Gasteiger partial charge on any atom is 0.274 e. The molecule has 0 spiro atoms. The van der Waals surface area contributed by atoms with Gasteiger partial charge < -0.3 is 4.90 Å². The maximum absolute atomic E-state index is 11.7. The van der Waals surface area contributed by atoms with Crippen LogP contribution in [-0.2, 0) is 0 Å². The first-order valence-corrected chi connectivity index (χ1v) is 4.35. The number of amides is 1. The number of H-pyrrole nitrogens is 1. The molecule has 0 unspecified atom stereocenters. The topological polar surface area (TPSA) is 49.0 Å². The van der Waals surface area contributed by atoms with E-state index in [0.29, 0.717) is 5.69 Å². The molecule has 0 aliphatic carbocycles. The van der Waals surface area contributed by atoms with Gasteiger partial charge in [0.2, 0.25) is 0 Å². The van der Waals surface area contributed by atoms with Crippen molar-refractivity contribution in [3.05, 3.63) is 30.0 Å². The fraction of sp³-hybridized carbons (Fsp3) is 0.200. The Balaban J connectivity index is 2.58. The summed E-state index contributed by atoms with van der Waals surface area (Å²) in [7, 11) is 3.43. The summed E-state index contributed by atoms with van der Waals surface area (Å²) in [5, 5.41) is 7.69. The Morgan fingerprint density at radius 1 is 1.36 bits per heavy atom. The monoisotopic (exact) mass is 189 g/mol. The largest absolute Gasteiger partial charge is 0.343 e. The van der Waals surface area contributed by atoms with Crippen LogP contribution in [0.3, 0.4) is 0 Å². The molecule has 0 radical (unpaired) electrons. The number of benzene rings is 1. The SMILES string of the molecule is CN(C)C(=O)c1n[nH]c2ccccc12. The van der Waals surface area contributed by atoms with E-state index < -0.39 is 0 Å². The number of fused-ring (bicyclic) bond motifs is 1. The van der Waals surface area contributed by atoms with Crippen LogP contribution >= 0.6 is 0 Å². The van der Waals surface area contributed by atoms with E-state index in [9.17, 15) is 4.79 Å². The number of nitrogens with one attached hydrogen (secondary N) is 1. The molecule has 1 aromatic heterocycles. The van der Waals surface area contributed by atoms with E-state index in [1.807, 2.05) is 24.3 Å². The molecule has 0 bridgehead atoms. The van der Waals surface area contributed by atoms with Gasteiger partial charge >= 0.3 is 0 Å². The Morgan fingerprint density at radius 3 is 2.79 bits per heavy atom. The molecule has 2 rings (SSSR count). The van der Waals surface area contributed by atoms with Crippen molar-refractivity contribution in [3.63, 3.8) is 0 Å². The van der Waals surface area contributed by atoms with Crippen LogP contribution in [0.1, 0.15) is 10.5 Å². The number of rotatable bonds is 1. The molecule has 14 heavy (non-hydrogen) atoms. The third kappa shape index (κ3) is 1.25. The minimum atomic E-state index is -0.0811. The summed E-state index contributed by atoms with van der Waals surface area (Å²) in [6, 6.07) is 7.58. The zero-order valence-electron chi connectivity index (χ0n) is 8.11. The van der Waals surface area contributed by atoms with Crippen LogP contribution < -0.4 is 0 Å². The minimum Gasteiger partial charge on any atom is -0.343 e. The van der Waals surface area contributed by atoms with E-state index in [0.717, 1.165) is 10.9 Å². The van der Waals surface area contributed by atoms with Crippen molar-refractivity contribution < 1.29 is 4.79 Å². The number of carbonyl (C=O) groups excluding carboxylic acids is 1. The van der Waals surface area contributed by atoms with Gasteiger partial charge in [0.25, 0.3) is 5.91 Å². The van der Waals surface area contributed by atoms with Crippen LogP contribution in [0.2, 0.25) is 0 Å². The molecule has 72 valence electrons. The average molecular weight is 189 g/mol. The van der Waals surface area contributed by atoms with E-state index in [-0.39, 0.29) is 5.91 Å². The van der Waals surface area contributed by atoms with Crippen molar-refractivity contribution in [1.29, 1.82) is 0 Å². The van der Waals surface area contributed by atoms with Crippen LogP contribution in [0.15, 0.2) is 24.3 Å². The lowest BCUT2D eigenvalue weighted by atomic mass is 10.2. The highest BCUT2D eigenvalue weighted by Gasteiger charge is 2.14. The summed E-state index contributed by atoms with van der Waals surface area (Å²) in [4.78, 5) is 13.2. The predicted molar refractivity (Wildman–Crippen MR) is 54.1 cm³/mol. The molecule has 0 aliphatic heterocycles. The van der Waals surface area contributed by atoms with E-state index in [2.05, 4.69) is 10.2 Å². The third-order valence-corrected chi connectivity index (χ3v) is 2.08. The van der Waals surface area contributed by atoms with Gasteiger partial charge in [-0.3, -0.25) is 9.89 Å². The number of hydrogen-bond donors (Lipinski definition) is 1. The number of aromatic amines is 1. The second-order valence-electron chi connectivity index (χ2n) is 3.32. The zero-order chi connectivity index (χ0) is 10.1. The Morgan fingerprint density at radius 2 is 2.07 bits per heavy atom. The molecule has 0 aliphatic rings. The fourth-order valence-electron chi connectivity index (χ4n) is 1.34. The standard InChI is InChI=1S/C10H11N3O/c1-13(2)10(14)9-7-5-3-4-6-8(7)11-12-9/h3-6H,1-2H3,(H,11,12). The van der Waals surface area contributed by atoms with Gasteiger partial charge in [-0.15, -0.1) is 0 Å². The van der Waals surface area contributed by atoms with Gasteiger partial charge in [-0.1, -0.05) is 18.2 Å². The molecule has 2 aromatic rings. The number of hydrogen-bond acceptors (Lipinski definition) is 2. The Hall–Kier alpha value is -1.84. The molecule has 4 nitrogen and oxygen atoms in total. The summed E-state index contributed by atoms with van der Waals surface area (Å²) >= 11 is 0. The highest BCUT2D eigenvalue weighted by Crippen LogP contribution is 2.15. The van der Waals surface area contributed by atoms with Gasteiger partial charge in [-0.25, -0.2) is 0 Å². The first-order chi connectivity index (χ1) is 6.70. The summed E-state index contributed by atoms with van der Waals surface area (Å²) in [6.45, 7) is 0. The second kappa shape index (κ2) is 3.14. The Bertz CT molecular complexity index is 473.